The molecule has 1 atom stereocenters. The van der Waals surface area contributed by atoms with Crippen molar-refractivity contribution in [3.8, 4) is 29.0 Å². The predicted molar refractivity (Wildman–Crippen MR) is 164 cm³/mol. The number of amides is 1. The number of anilines is 1. The minimum Gasteiger partial charge on any atom is -0.492 e. The number of hydrogen-bond donors (Lipinski definition) is 1. The van der Waals surface area contributed by atoms with Gasteiger partial charge in [-0.05, 0) is 75.7 Å². The minimum absolute atomic E-state index is 0.308. The predicted octanol–water partition coefficient (Wildman–Crippen LogP) is 4.58. The van der Waals surface area contributed by atoms with Crippen molar-refractivity contribution >= 4 is 29.1 Å². The van der Waals surface area contributed by atoms with Crippen LogP contribution in [-0.4, -0.2) is 60.2 Å². The minimum atomic E-state index is -0.806. The van der Waals surface area contributed by atoms with E-state index < -0.39 is 11.4 Å². The van der Waals surface area contributed by atoms with Crippen LogP contribution >= 0.6 is 0 Å². The van der Waals surface area contributed by atoms with Gasteiger partial charge in [-0.3, -0.25) is 9.78 Å². The van der Waals surface area contributed by atoms with Crippen LogP contribution in [-0.2, 0) is 19.2 Å². The van der Waals surface area contributed by atoms with E-state index in [2.05, 4.69) is 26.6 Å². The van der Waals surface area contributed by atoms with Crippen molar-refractivity contribution in [3.63, 3.8) is 0 Å². The van der Waals surface area contributed by atoms with Gasteiger partial charge in [0.1, 0.15) is 24.3 Å². The highest BCUT2D eigenvalue weighted by molar-refractivity contribution is 5.91. The van der Waals surface area contributed by atoms with Crippen LogP contribution in [0.4, 0.5) is 5.82 Å². The van der Waals surface area contributed by atoms with Gasteiger partial charge in [0.15, 0.2) is 5.82 Å². The molecule has 0 saturated carbocycles. The number of para-hydroxylation sites is 1. The third-order valence-electron chi connectivity index (χ3n) is 6.68. The smallest absolute Gasteiger partial charge is 0.337 e. The Labute approximate surface area is 251 Å². The molecular formula is C33H35N5O5. The normalized spacial score (nSPS) is 11.6. The molecule has 43 heavy (non-hydrogen) atoms. The summed E-state index contributed by atoms with van der Waals surface area (Å²) in [5.74, 6) is 7.83. The molecule has 0 spiro atoms. The Balaban J connectivity index is 1.28. The van der Waals surface area contributed by atoms with Gasteiger partial charge in [0, 0.05) is 42.6 Å². The average molecular weight is 582 g/mol. The van der Waals surface area contributed by atoms with Crippen molar-refractivity contribution in [3.05, 3.63) is 78.6 Å². The molecule has 1 unspecified atom stereocenters. The quantitative estimate of drug-likeness (QED) is 0.138. The molecule has 0 radical (unpaired) electrons. The van der Waals surface area contributed by atoms with Crippen molar-refractivity contribution in [2.75, 3.05) is 31.7 Å². The number of nitrogens with one attached hydrogen (secondary N) is 1. The fourth-order valence-corrected chi connectivity index (χ4v) is 4.05. The fourth-order valence-electron chi connectivity index (χ4n) is 4.05. The Bertz CT molecular complexity index is 1580. The first-order valence-electron chi connectivity index (χ1n) is 13.9. The number of benzene rings is 2. The molecule has 1 N–H and O–H groups in total. The Hall–Kier alpha value is -5.01. The van der Waals surface area contributed by atoms with Gasteiger partial charge in [0.05, 0.1) is 17.5 Å². The Morgan fingerprint density at radius 3 is 2.60 bits per heavy atom. The molecule has 2 heterocycles. The molecule has 222 valence electrons. The molecule has 0 aliphatic carbocycles. The fraction of sp³-hybridized carbons (Fsp3) is 0.303. The number of ether oxygens (including phenoxy) is 2. The van der Waals surface area contributed by atoms with Crippen molar-refractivity contribution < 1.29 is 23.9 Å². The molecule has 10 nitrogen and oxygen atoms in total. The van der Waals surface area contributed by atoms with E-state index >= 15 is 0 Å². The average Bonchev–Trinajstić information content (AvgIpc) is 3.03. The maximum absolute atomic E-state index is 12.0. The SMILES string of the molecule is CC(C#Cc1ccc(OCCN(C)c2nc(-c3cccnc3)nc3ccccc23)cc1)OCCC(C)(C)C(=O)ONC=O. The van der Waals surface area contributed by atoms with Crippen LogP contribution < -0.4 is 15.1 Å². The maximum atomic E-state index is 12.0. The highest BCUT2D eigenvalue weighted by Crippen LogP contribution is 2.27. The zero-order valence-corrected chi connectivity index (χ0v) is 24.7. The molecule has 2 aromatic heterocycles. The van der Waals surface area contributed by atoms with Crippen molar-refractivity contribution in [1.29, 1.82) is 0 Å². The number of hydroxylamine groups is 1. The molecule has 0 fully saturated rings. The second-order valence-corrected chi connectivity index (χ2v) is 10.5. The zero-order chi connectivity index (χ0) is 30.7. The summed E-state index contributed by atoms with van der Waals surface area (Å²) in [7, 11) is 1.99. The summed E-state index contributed by atoms with van der Waals surface area (Å²) < 4.78 is 11.7. The van der Waals surface area contributed by atoms with Gasteiger partial charge in [0.25, 0.3) is 0 Å². The first-order chi connectivity index (χ1) is 20.8. The summed E-state index contributed by atoms with van der Waals surface area (Å²) in [5.41, 5.74) is 3.68. The molecule has 0 bridgehead atoms. The molecule has 10 heteroatoms. The molecular weight excluding hydrogens is 546 g/mol. The van der Waals surface area contributed by atoms with Gasteiger partial charge in [-0.2, -0.15) is 5.48 Å². The molecule has 0 saturated heterocycles. The lowest BCUT2D eigenvalue weighted by atomic mass is 9.90. The van der Waals surface area contributed by atoms with E-state index in [0.717, 1.165) is 33.6 Å². The summed E-state index contributed by atoms with van der Waals surface area (Å²) in [4.78, 5) is 42.8. The standard InChI is InChI=1S/C33H35N5O5/c1-24(41-20-17-33(2,3)32(40)43-35-23-39)11-12-25-13-15-27(16-14-25)42-21-19-38(4)31-28-9-5-6-10-29(28)36-30(37-31)26-8-7-18-34-22-26/h5-10,13-16,18,22-24H,17,19-21H2,1-4H3,(H,35,39). The number of aromatic nitrogens is 3. The van der Waals surface area contributed by atoms with Crippen LogP contribution in [0.1, 0.15) is 32.8 Å². The molecule has 0 aliphatic heterocycles. The monoisotopic (exact) mass is 581 g/mol. The number of carbonyl (C=O) groups excluding carboxylic acids is 2. The molecule has 4 aromatic rings. The number of fused-ring (bicyclic) bond motifs is 1. The van der Waals surface area contributed by atoms with Crippen LogP contribution in [0.15, 0.2) is 73.1 Å². The van der Waals surface area contributed by atoms with E-state index in [1.54, 1.807) is 26.2 Å². The number of rotatable bonds is 13. The Morgan fingerprint density at radius 1 is 1.07 bits per heavy atom. The second-order valence-electron chi connectivity index (χ2n) is 10.5. The molecule has 0 aliphatic rings. The third kappa shape index (κ3) is 8.74. The summed E-state index contributed by atoms with van der Waals surface area (Å²) in [6.07, 6.45) is 3.88. The Kier molecular flexibility index (Phi) is 10.6. The van der Waals surface area contributed by atoms with Gasteiger partial charge >= 0.3 is 5.97 Å². The van der Waals surface area contributed by atoms with Gasteiger partial charge in [0.2, 0.25) is 6.41 Å². The van der Waals surface area contributed by atoms with Gasteiger partial charge < -0.3 is 19.2 Å². The van der Waals surface area contributed by atoms with E-state index in [-0.39, 0.29) is 6.10 Å². The number of likely N-dealkylation sites (N-methyl/N-ethyl adjacent to an activating group) is 1. The van der Waals surface area contributed by atoms with E-state index in [1.165, 1.54) is 0 Å². The summed E-state index contributed by atoms with van der Waals surface area (Å²) in [6.45, 7) is 6.69. The number of nitrogens with zero attached hydrogens (tertiary/aromatic N) is 4. The van der Waals surface area contributed by atoms with E-state index in [1.807, 2.05) is 80.1 Å². The topological polar surface area (TPSA) is 116 Å². The highest BCUT2D eigenvalue weighted by atomic mass is 16.7. The van der Waals surface area contributed by atoms with Crippen LogP contribution in [0.25, 0.3) is 22.3 Å². The third-order valence-corrected chi connectivity index (χ3v) is 6.68. The van der Waals surface area contributed by atoms with E-state index in [0.29, 0.717) is 38.4 Å². The summed E-state index contributed by atoms with van der Waals surface area (Å²) in [6, 6.07) is 19.4. The van der Waals surface area contributed by atoms with Crippen LogP contribution in [0.3, 0.4) is 0 Å². The Morgan fingerprint density at radius 2 is 1.86 bits per heavy atom. The highest BCUT2D eigenvalue weighted by Gasteiger charge is 2.29. The lowest BCUT2D eigenvalue weighted by Crippen LogP contribution is -2.32. The van der Waals surface area contributed by atoms with Crippen molar-refractivity contribution in [2.24, 2.45) is 5.41 Å². The molecule has 4 rings (SSSR count). The van der Waals surface area contributed by atoms with Crippen molar-refractivity contribution in [2.45, 2.75) is 33.3 Å². The lowest BCUT2D eigenvalue weighted by molar-refractivity contribution is -0.165. The van der Waals surface area contributed by atoms with Crippen molar-refractivity contribution in [1.82, 2.24) is 20.4 Å². The first-order valence-corrected chi connectivity index (χ1v) is 13.9. The van der Waals surface area contributed by atoms with Crippen LogP contribution in [0.2, 0.25) is 0 Å². The van der Waals surface area contributed by atoms with Gasteiger partial charge in [-0.25, -0.2) is 14.8 Å². The van der Waals surface area contributed by atoms with Gasteiger partial charge in [-0.15, -0.1) is 0 Å². The molecule has 2 aromatic carbocycles. The second kappa shape index (κ2) is 14.8. The first kappa shape index (κ1) is 30.9. The van der Waals surface area contributed by atoms with E-state index in [4.69, 9.17) is 19.4 Å². The molecule has 1 amide bonds. The summed E-state index contributed by atoms with van der Waals surface area (Å²) in [5, 5.41) is 0.969. The lowest BCUT2D eigenvalue weighted by Gasteiger charge is -2.21. The zero-order valence-electron chi connectivity index (χ0n) is 24.7. The van der Waals surface area contributed by atoms with Gasteiger partial charge in [-0.1, -0.05) is 24.0 Å². The summed E-state index contributed by atoms with van der Waals surface area (Å²) >= 11 is 0. The number of carbonyl (C=O) groups is 2. The maximum Gasteiger partial charge on any atom is 0.337 e. The van der Waals surface area contributed by atoms with Crippen LogP contribution in [0, 0.1) is 17.3 Å². The van der Waals surface area contributed by atoms with Crippen LogP contribution in [0.5, 0.6) is 5.75 Å². The number of pyridine rings is 1. The van der Waals surface area contributed by atoms with E-state index in [9.17, 15) is 9.59 Å². The number of hydrogen-bond acceptors (Lipinski definition) is 9. The largest absolute Gasteiger partial charge is 0.492 e.